The maximum Gasteiger partial charge on any atom is 0.0608 e. The Balaban J connectivity index is 0.000000161. The van der Waals surface area contributed by atoms with Crippen LogP contribution in [0, 0.1) is 0 Å². The van der Waals surface area contributed by atoms with E-state index < -0.39 is 0 Å². The Morgan fingerprint density at radius 3 is 1.18 bits per heavy atom. The van der Waals surface area contributed by atoms with Crippen LogP contribution >= 0.6 is 31.9 Å². The first kappa shape index (κ1) is 22.0. The summed E-state index contributed by atoms with van der Waals surface area (Å²) in [5, 5.41) is 19.8. The van der Waals surface area contributed by atoms with Gasteiger partial charge in [0.05, 0.1) is 12.2 Å². The quantitative estimate of drug-likeness (QED) is 0.460. The highest BCUT2D eigenvalue weighted by molar-refractivity contribution is 9.10. The van der Waals surface area contributed by atoms with Crippen molar-refractivity contribution in [1.82, 2.24) is 0 Å². The van der Waals surface area contributed by atoms with Gasteiger partial charge in [-0.25, -0.2) is 0 Å². The van der Waals surface area contributed by atoms with E-state index >= 15 is 0 Å². The number of aliphatic hydroxyl groups excluding tert-OH is 2. The van der Waals surface area contributed by atoms with E-state index in [1.807, 2.05) is 0 Å². The van der Waals surface area contributed by atoms with Gasteiger partial charge in [-0.1, -0.05) is 81.8 Å². The van der Waals surface area contributed by atoms with Gasteiger partial charge in [-0.3, -0.25) is 0 Å². The Morgan fingerprint density at radius 2 is 0.857 bits per heavy atom. The summed E-state index contributed by atoms with van der Waals surface area (Å²) < 4.78 is 2.21. The van der Waals surface area contributed by atoms with E-state index in [2.05, 4.69) is 80.4 Å². The Labute approximate surface area is 185 Å². The van der Waals surface area contributed by atoms with Crippen molar-refractivity contribution in [2.75, 3.05) is 0 Å². The van der Waals surface area contributed by atoms with Crippen LogP contribution in [0.4, 0.5) is 0 Å². The topological polar surface area (TPSA) is 40.5 Å². The van der Waals surface area contributed by atoms with Crippen molar-refractivity contribution in [3.8, 4) is 0 Å². The zero-order valence-corrected chi connectivity index (χ0v) is 19.4. The molecule has 2 fully saturated rings. The number of hydrogen-bond acceptors (Lipinski definition) is 2. The van der Waals surface area contributed by atoms with Crippen LogP contribution in [-0.2, 0) is 0 Å². The third kappa shape index (κ3) is 6.16. The van der Waals surface area contributed by atoms with Crippen molar-refractivity contribution in [2.45, 2.75) is 75.4 Å². The molecule has 0 unspecified atom stereocenters. The highest BCUT2D eigenvalue weighted by Gasteiger charge is 2.25. The summed E-state index contributed by atoms with van der Waals surface area (Å²) in [6.07, 6.45) is 8.75. The summed E-state index contributed by atoms with van der Waals surface area (Å²) >= 11 is 6.84. The van der Waals surface area contributed by atoms with Crippen molar-refractivity contribution in [1.29, 1.82) is 0 Å². The van der Waals surface area contributed by atoms with E-state index in [9.17, 15) is 10.2 Å². The van der Waals surface area contributed by atoms with E-state index in [4.69, 9.17) is 0 Å². The Morgan fingerprint density at radius 1 is 0.536 bits per heavy atom. The molecule has 4 heteroatoms. The first-order valence-corrected chi connectivity index (χ1v) is 12.0. The summed E-state index contributed by atoms with van der Waals surface area (Å²) in [4.78, 5) is 0. The van der Waals surface area contributed by atoms with Crippen LogP contribution in [0.3, 0.4) is 0 Å². The molecule has 0 amide bonds. The van der Waals surface area contributed by atoms with Gasteiger partial charge in [-0.15, -0.1) is 0 Å². The van der Waals surface area contributed by atoms with Gasteiger partial charge in [0.25, 0.3) is 0 Å². The number of rotatable bonds is 2. The van der Waals surface area contributed by atoms with Gasteiger partial charge in [-0.2, -0.15) is 0 Å². The summed E-state index contributed by atoms with van der Waals surface area (Å²) in [5.74, 6) is 0.716. The molecule has 4 rings (SSSR count). The van der Waals surface area contributed by atoms with Gasteiger partial charge in [0, 0.05) is 20.8 Å². The molecular weight excluding hydrogens is 480 g/mol. The fourth-order valence-electron chi connectivity index (χ4n) is 4.42. The first-order chi connectivity index (χ1) is 13.5. The van der Waals surface area contributed by atoms with E-state index in [0.717, 1.165) is 34.6 Å². The summed E-state index contributed by atoms with van der Waals surface area (Å²) in [7, 11) is 0. The molecule has 0 heterocycles. The van der Waals surface area contributed by atoms with Crippen LogP contribution in [0.25, 0.3) is 0 Å². The zero-order chi connectivity index (χ0) is 19.9. The monoisotopic (exact) mass is 508 g/mol. The average Bonchev–Trinajstić information content (AvgIpc) is 2.71. The smallest absolute Gasteiger partial charge is 0.0608 e. The zero-order valence-electron chi connectivity index (χ0n) is 16.2. The Kier molecular flexibility index (Phi) is 8.58. The normalized spacial score (nSPS) is 27.6. The third-order valence-corrected chi connectivity index (χ3v) is 7.11. The van der Waals surface area contributed by atoms with Crippen molar-refractivity contribution >= 4 is 31.9 Å². The molecule has 0 bridgehead atoms. The molecule has 2 saturated carbocycles. The van der Waals surface area contributed by atoms with Crippen molar-refractivity contribution in [3.63, 3.8) is 0 Å². The predicted molar refractivity (Wildman–Crippen MR) is 123 cm³/mol. The second-order valence-electron chi connectivity index (χ2n) is 8.02. The molecule has 0 aromatic heterocycles. The fraction of sp³-hybridized carbons (Fsp3) is 0.500. The molecular formula is C24H30Br2O2. The van der Waals surface area contributed by atoms with E-state index in [0.29, 0.717) is 11.8 Å². The second-order valence-corrected chi connectivity index (χ2v) is 9.85. The second kappa shape index (κ2) is 10.9. The number of hydrogen-bond donors (Lipinski definition) is 2. The molecule has 0 radical (unpaired) electrons. The van der Waals surface area contributed by atoms with Crippen LogP contribution in [0.15, 0.2) is 57.5 Å². The van der Waals surface area contributed by atoms with Crippen LogP contribution in [-0.4, -0.2) is 22.4 Å². The minimum Gasteiger partial charge on any atom is -0.392 e. The molecule has 2 aromatic rings. The molecule has 4 atom stereocenters. The predicted octanol–water partition coefficient (Wildman–Crippen LogP) is 6.94. The van der Waals surface area contributed by atoms with Crippen LogP contribution in [0.2, 0.25) is 0 Å². The maximum absolute atomic E-state index is 9.88. The van der Waals surface area contributed by atoms with Crippen molar-refractivity contribution in [3.05, 3.63) is 68.6 Å². The highest BCUT2D eigenvalue weighted by atomic mass is 79.9. The lowest BCUT2D eigenvalue weighted by atomic mass is 9.82. The summed E-state index contributed by atoms with van der Waals surface area (Å²) in [5.41, 5.74) is 2.56. The third-order valence-electron chi connectivity index (χ3n) is 6.06. The molecule has 2 aliphatic carbocycles. The molecule has 2 aliphatic rings. The molecule has 0 saturated heterocycles. The minimum absolute atomic E-state index is 0.134. The largest absolute Gasteiger partial charge is 0.392 e. The SMILES string of the molecule is O[C@@H]1CCCC[C@H]1c1ccc(Br)cc1.O[C@H]1CCCC[C@@H]1c1ccc(Br)cc1. The molecule has 2 aromatic carbocycles. The Hall–Kier alpha value is -0.680. The van der Waals surface area contributed by atoms with Gasteiger partial charge in [0.1, 0.15) is 0 Å². The molecule has 152 valence electrons. The van der Waals surface area contributed by atoms with Gasteiger partial charge < -0.3 is 10.2 Å². The summed E-state index contributed by atoms with van der Waals surface area (Å²) in [6.45, 7) is 0. The van der Waals surface area contributed by atoms with Crippen LogP contribution in [0.1, 0.15) is 74.3 Å². The highest BCUT2D eigenvalue weighted by Crippen LogP contribution is 2.34. The fourth-order valence-corrected chi connectivity index (χ4v) is 4.95. The van der Waals surface area contributed by atoms with Gasteiger partial charge >= 0.3 is 0 Å². The lowest BCUT2D eigenvalue weighted by Crippen LogP contribution is -2.22. The molecule has 0 spiro atoms. The van der Waals surface area contributed by atoms with E-state index in [1.165, 1.54) is 36.8 Å². The molecule has 28 heavy (non-hydrogen) atoms. The van der Waals surface area contributed by atoms with Gasteiger partial charge in [0.2, 0.25) is 0 Å². The first-order valence-electron chi connectivity index (χ1n) is 10.4. The standard InChI is InChI=1S/2C12H15BrO/c2*13-10-7-5-9(6-8-10)11-3-1-2-4-12(11)14/h2*5-8,11-12,14H,1-4H2/t2*11-,12+/m10/s1. The number of aliphatic hydroxyl groups is 2. The minimum atomic E-state index is -0.134. The Bertz CT molecular complexity index is 651. The maximum atomic E-state index is 9.88. The van der Waals surface area contributed by atoms with Crippen molar-refractivity contribution < 1.29 is 10.2 Å². The van der Waals surface area contributed by atoms with Crippen molar-refractivity contribution in [2.24, 2.45) is 0 Å². The molecule has 2 N–H and O–H groups in total. The van der Waals surface area contributed by atoms with Crippen LogP contribution < -0.4 is 0 Å². The summed E-state index contributed by atoms with van der Waals surface area (Å²) in [6, 6.07) is 16.7. The molecule has 2 nitrogen and oxygen atoms in total. The van der Waals surface area contributed by atoms with Gasteiger partial charge in [-0.05, 0) is 61.1 Å². The van der Waals surface area contributed by atoms with Crippen LogP contribution in [0.5, 0.6) is 0 Å². The lowest BCUT2D eigenvalue weighted by Gasteiger charge is -2.27. The lowest BCUT2D eigenvalue weighted by molar-refractivity contribution is 0.106. The molecule has 0 aliphatic heterocycles. The average molecular weight is 510 g/mol. The van der Waals surface area contributed by atoms with E-state index in [1.54, 1.807) is 0 Å². The number of halogens is 2. The number of benzene rings is 2. The van der Waals surface area contributed by atoms with E-state index in [-0.39, 0.29) is 12.2 Å². The van der Waals surface area contributed by atoms with Gasteiger partial charge in [0.15, 0.2) is 0 Å².